The Morgan fingerprint density at radius 3 is 2.71 bits per heavy atom. The molecule has 0 saturated carbocycles. The molecule has 4 N–H and O–H groups in total. The van der Waals surface area contributed by atoms with Gasteiger partial charge < -0.3 is 21.3 Å². The number of primary amides is 1. The van der Waals surface area contributed by atoms with Gasteiger partial charge in [0.15, 0.2) is 0 Å². The number of rotatable bonds is 5. The van der Waals surface area contributed by atoms with E-state index in [4.69, 9.17) is 5.73 Å². The predicted molar refractivity (Wildman–Crippen MR) is 81.9 cm³/mol. The summed E-state index contributed by atoms with van der Waals surface area (Å²) in [6.45, 7) is 1.42. The van der Waals surface area contributed by atoms with E-state index in [1.165, 1.54) is 0 Å². The number of likely N-dealkylation sites (tertiary alicyclic amines) is 1. The number of nitrogens with one attached hydrogen (secondary N) is 2. The van der Waals surface area contributed by atoms with Crippen LogP contribution in [-0.4, -0.2) is 42.5 Å². The van der Waals surface area contributed by atoms with Crippen LogP contribution in [0.5, 0.6) is 0 Å². The molecule has 1 unspecified atom stereocenters. The topological polar surface area (TPSA) is 87.5 Å². The van der Waals surface area contributed by atoms with Gasteiger partial charge in [0.1, 0.15) is 0 Å². The second-order valence-electron chi connectivity index (χ2n) is 5.20. The lowest BCUT2D eigenvalue weighted by molar-refractivity contribution is -0.132. The molecule has 0 radical (unpaired) electrons. The van der Waals surface area contributed by atoms with Gasteiger partial charge in [-0.2, -0.15) is 0 Å². The van der Waals surface area contributed by atoms with Crippen LogP contribution < -0.4 is 16.4 Å². The second kappa shape index (κ2) is 7.52. The third kappa shape index (κ3) is 4.66. The van der Waals surface area contributed by atoms with Crippen molar-refractivity contribution in [1.82, 2.24) is 10.2 Å². The number of anilines is 1. The summed E-state index contributed by atoms with van der Waals surface area (Å²) < 4.78 is 0. The van der Waals surface area contributed by atoms with Crippen molar-refractivity contribution >= 4 is 17.6 Å². The van der Waals surface area contributed by atoms with Crippen LogP contribution in [0.2, 0.25) is 0 Å². The first-order valence-electron chi connectivity index (χ1n) is 7.28. The molecule has 0 bridgehead atoms. The quantitative estimate of drug-likeness (QED) is 0.760. The lowest BCUT2D eigenvalue weighted by atomic mass is 10.0. The van der Waals surface area contributed by atoms with Crippen molar-refractivity contribution in [3.05, 3.63) is 30.3 Å². The van der Waals surface area contributed by atoms with Crippen LogP contribution in [0.1, 0.15) is 19.3 Å². The molecule has 0 spiro atoms. The van der Waals surface area contributed by atoms with Crippen LogP contribution in [0.15, 0.2) is 30.3 Å². The summed E-state index contributed by atoms with van der Waals surface area (Å²) >= 11 is 0. The number of amides is 3. The largest absolute Gasteiger partial charge is 0.376 e. The normalized spacial score (nSPS) is 18.1. The number of carbonyl (C=O) groups is 2. The molecule has 114 valence electrons. The van der Waals surface area contributed by atoms with Crippen molar-refractivity contribution < 1.29 is 9.59 Å². The predicted octanol–water partition coefficient (Wildman–Crippen LogP) is 1.15. The highest BCUT2D eigenvalue weighted by Crippen LogP contribution is 2.17. The number of hydrogen-bond acceptors (Lipinski definition) is 3. The summed E-state index contributed by atoms with van der Waals surface area (Å²) in [5, 5.41) is 5.72. The Balaban J connectivity index is 1.87. The second-order valence-corrected chi connectivity index (χ2v) is 5.20. The molecule has 1 aliphatic rings. The standard InChI is InChI=1S/C15H22N4O2/c16-15(21)18-10-13-8-4-5-9-19(13)14(20)11-17-12-6-2-1-3-7-12/h1-3,6-7,13,17H,4-5,8-11H2,(H3,16,18,21). The Hall–Kier alpha value is -2.24. The highest BCUT2D eigenvalue weighted by molar-refractivity contribution is 5.81. The van der Waals surface area contributed by atoms with Gasteiger partial charge in [0.05, 0.1) is 6.54 Å². The van der Waals surface area contributed by atoms with E-state index in [2.05, 4.69) is 10.6 Å². The number of piperidine rings is 1. The van der Waals surface area contributed by atoms with E-state index < -0.39 is 6.03 Å². The minimum Gasteiger partial charge on any atom is -0.376 e. The minimum absolute atomic E-state index is 0.0383. The molecule has 0 aromatic heterocycles. The van der Waals surface area contributed by atoms with Crippen LogP contribution in [0.25, 0.3) is 0 Å². The summed E-state index contributed by atoms with van der Waals surface area (Å²) in [4.78, 5) is 25.0. The summed E-state index contributed by atoms with van der Waals surface area (Å²) in [6.07, 6.45) is 2.97. The SMILES string of the molecule is NC(=O)NCC1CCCCN1C(=O)CNc1ccccc1. The van der Waals surface area contributed by atoms with Gasteiger partial charge in [-0.3, -0.25) is 4.79 Å². The minimum atomic E-state index is -0.546. The van der Waals surface area contributed by atoms with Gasteiger partial charge in [-0.15, -0.1) is 0 Å². The van der Waals surface area contributed by atoms with Crippen LogP contribution in [0.4, 0.5) is 10.5 Å². The molecule has 6 nitrogen and oxygen atoms in total. The van der Waals surface area contributed by atoms with Crippen molar-refractivity contribution in [2.75, 3.05) is 25.0 Å². The van der Waals surface area contributed by atoms with E-state index in [0.717, 1.165) is 31.5 Å². The molecule has 21 heavy (non-hydrogen) atoms. The third-order valence-electron chi connectivity index (χ3n) is 3.68. The van der Waals surface area contributed by atoms with Gasteiger partial charge in [-0.25, -0.2) is 4.79 Å². The zero-order valence-electron chi connectivity index (χ0n) is 12.0. The van der Waals surface area contributed by atoms with E-state index in [1.807, 2.05) is 35.2 Å². The lowest BCUT2D eigenvalue weighted by Gasteiger charge is -2.36. The molecule has 2 rings (SSSR count). The van der Waals surface area contributed by atoms with Crippen LogP contribution >= 0.6 is 0 Å². The molecule has 3 amide bonds. The van der Waals surface area contributed by atoms with Gasteiger partial charge >= 0.3 is 6.03 Å². The first-order chi connectivity index (χ1) is 10.2. The fraction of sp³-hybridized carbons (Fsp3) is 0.467. The first kappa shape index (κ1) is 15.2. The molecule has 1 atom stereocenters. The molecular weight excluding hydrogens is 268 g/mol. The zero-order valence-corrected chi connectivity index (χ0v) is 12.0. The third-order valence-corrected chi connectivity index (χ3v) is 3.68. The number of nitrogens with two attached hydrogens (primary N) is 1. The Kier molecular flexibility index (Phi) is 5.43. The maximum atomic E-state index is 12.3. The van der Waals surface area contributed by atoms with Gasteiger partial charge in [0.25, 0.3) is 0 Å². The maximum Gasteiger partial charge on any atom is 0.312 e. The Morgan fingerprint density at radius 1 is 1.24 bits per heavy atom. The van der Waals surface area contributed by atoms with Gasteiger partial charge in [-0.1, -0.05) is 18.2 Å². The smallest absolute Gasteiger partial charge is 0.312 e. The maximum absolute atomic E-state index is 12.3. The number of para-hydroxylation sites is 1. The number of benzene rings is 1. The van der Waals surface area contributed by atoms with Crippen molar-refractivity contribution in [2.45, 2.75) is 25.3 Å². The van der Waals surface area contributed by atoms with Crippen LogP contribution in [0, 0.1) is 0 Å². The summed E-state index contributed by atoms with van der Waals surface area (Å²) in [5.41, 5.74) is 6.03. The molecule has 0 aliphatic carbocycles. The van der Waals surface area contributed by atoms with Crippen LogP contribution in [0.3, 0.4) is 0 Å². The van der Waals surface area contributed by atoms with Crippen molar-refractivity contribution in [2.24, 2.45) is 5.73 Å². The molecule has 1 fully saturated rings. The summed E-state index contributed by atoms with van der Waals surface area (Å²) in [7, 11) is 0. The highest BCUT2D eigenvalue weighted by Gasteiger charge is 2.26. The molecule has 1 heterocycles. The number of nitrogens with zero attached hydrogens (tertiary/aromatic N) is 1. The fourth-order valence-corrected chi connectivity index (χ4v) is 2.59. The molecular formula is C15H22N4O2. The molecule has 1 aliphatic heterocycles. The number of urea groups is 1. The lowest BCUT2D eigenvalue weighted by Crippen LogP contribution is -2.51. The van der Waals surface area contributed by atoms with Gasteiger partial charge in [0, 0.05) is 24.8 Å². The molecule has 6 heteroatoms. The fourth-order valence-electron chi connectivity index (χ4n) is 2.59. The van der Waals surface area contributed by atoms with E-state index in [9.17, 15) is 9.59 Å². The zero-order chi connectivity index (χ0) is 15.1. The summed E-state index contributed by atoms with van der Waals surface area (Å²) in [5.74, 6) is 0.0508. The molecule has 1 aromatic carbocycles. The Morgan fingerprint density at radius 2 is 2.00 bits per heavy atom. The van der Waals surface area contributed by atoms with E-state index in [1.54, 1.807) is 0 Å². The van der Waals surface area contributed by atoms with Crippen molar-refractivity contribution in [1.29, 1.82) is 0 Å². The Labute approximate surface area is 124 Å². The number of carbonyl (C=O) groups excluding carboxylic acids is 2. The average molecular weight is 290 g/mol. The van der Waals surface area contributed by atoms with Gasteiger partial charge in [-0.05, 0) is 31.4 Å². The van der Waals surface area contributed by atoms with Crippen LogP contribution in [-0.2, 0) is 4.79 Å². The van der Waals surface area contributed by atoms with Gasteiger partial charge in [0.2, 0.25) is 5.91 Å². The van der Waals surface area contributed by atoms with E-state index >= 15 is 0 Å². The molecule has 1 aromatic rings. The first-order valence-corrected chi connectivity index (χ1v) is 7.28. The number of hydrogen-bond donors (Lipinski definition) is 3. The highest BCUT2D eigenvalue weighted by atomic mass is 16.2. The van der Waals surface area contributed by atoms with Crippen molar-refractivity contribution in [3.63, 3.8) is 0 Å². The summed E-state index contributed by atoms with van der Waals surface area (Å²) in [6, 6.07) is 9.13. The molecule has 1 saturated heterocycles. The monoisotopic (exact) mass is 290 g/mol. The van der Waals surface area contributed by atoms with E-state index in [-0.39, 0.29) is 18.5 Å². The Bertz CT molecular complexity index is 478. The van der Waals surface area contributed by atoms with Crippen molar-refractivity contribution in [3.8, 4) is 0 Å². The van der Waals surface area contributed by atoms with E-state index in [0.29, 0.717) is 6.54 Å². The average Bonchev–Trinajstić information content (AvgIpc) is 2.52.